The van der Waals surface area contributed by atoms with Crippen LogP contribution in [0.25, 0.3) is 0 Å². The van der Waals surface area contributed by atoms with E-state index in [1.165, 1.54) is 0 Å². The first kappa shape index (κ1) is 18.7. The molecule has 0 aromatic heterocycles. The monoisotopic (exact) mass is 334 g/mol. The summed E-state index contributed by atoms with van der Waals surface area (Å²) in [7, 11) is 0. The Morgan fingerprint density at radius 2 is 1.75 bits per heavy atom. The summed E-state index contributed by atoms with van der Waals surface area (Å²) in [6.07, 6.45) is 1.85. The Kier molecular flexibility index (Phi) is 4.70. The molecule has 0 amide bonds. The quantitative estimate of drug-likeness (QED) is 0.322. The van der Waals surface area contributed by atoms with Crippen molar-refractivity contribution in [3.63, 3.8) is 0 Å². The van der Waals surface area contributed by atoms with E-state index in [9.17, 15) is 19.2 Å². The van der Waals surface area contributed by atoms with Crippen LogP contribution in [0.1, 0.15) is 54.4 Å². The predicted octanol–water partition coefficient (Wildman–Crippen LogP) is 2.46. The number of allylic oxidation sites excluding steroid dienone is 2. The van der Waals surface area contributed by atoms with Crippen molar-refractivity contribution >= 4 is 23.1 Å². The molecule has 0 bridgehead atoms. The molecule has 132 valence electrons. The van der Waals surface area contributed by atoms with Crippen LogP contribution >= 0.6 is 0 Å². The molecule has 1 saturated carbocycles. The number of ether oxygens (including phenoxy) is 1. The normalized spacial score (nSPS) is 31.5. The molecular weight excluding hydrogens is 308 g/mol. The fourth-order valence-corrected chi connectivity index (χ4v) is 3.25. The number of ketones is 4. The Labute approximate surface area is 142 Å². The third kappa shape index (κ3) is 3.02. The molecule has 0 aromatic carbocycles. The fourth-order valence-electron chi connectivity index (χ4n) is 3.25. The van der Waals surface area contributed by atoms with Crippen LogP contribution < -0.4 is 0 Å². The molecule has 0 aromatic rings. The summed E-state index contributed by atoms with van der Waals surface area (Å²) >= 11 is 0. The maximum Gasteiger partial charge on any atom is 0.217 e. The van der Waals surface area contributed by atoms with E-state index in [4.69, 9.17) is 4.74 Å². The van der Waals surface area contributed by atoms with E-state index in [-0.39, 0.29) is 18.9 Å². The Morgan fingerprint density at radius 1 is 1.21 bits per heavy atom. The topological polar surface area (TPSA) is 80.8 Å². The Bertz CT molecular complexity index is 636. The molecule has 1 saturated heterocycles. The van der Waals surface area contributed by atoms with Gasteiger partial charge in [0.2, 0.25) is 11.6 Å². The molecule has 5 heteroatoms. The third-order valence-electron chi connectivity index (χ3n) is 5.06. The zero-order chi connectivity index (χ0) is 18.4. The van der Waals surface area contributed by atoms with Gasteiger partial charge in [-0.05, 0) is 40.5 Å². The highest BCUT2D eigenvalue weighted by Gasteiger charge is 2.65. The van der Waals surface area contributed by atoms with Gasteiger partial charge in [0.1, 0.15) is 11.3 Å². The van der Waals surface area contributed by atoms with Gasteiger partial charge in [-0.3, -0.25) is 19.2 Å². The van der Waals surface area contributed by atoms with Gasteiger partial charge in [0.05, 0.1) is 11.7 Å². The maximum absolute atomic E-state index is 13.0. The number of Topliss-reactive ketones (excluding diaryl/α,β-unsaturated/α-hetero) is 4. The molecule has 2 rings (SSSR count). The number of carbonyl (C=O) groups is 4. The first-order chi connectivity index (χ1) is 10.9. The number of hydrogen-bond acceptors (Lipinski definition) is 5. The summed E-state index contributed by atoms with van der Waals surface area (Å²) in [5, 5.41) is 0. The molecule has 2 aliphatic rings. The van der Waals surface area contributed by atoms with Gasteiger partial charge in [0.25, 0.3) is 0 Å². The van der Waals surface area contributed by atoms with Crippen molar-refractivity contribution in [3.8, 4) is 0 Å². The molecule has 5 nitrogen and oxygen atoms in total. The van der Waals surface area contributed by atoms with Crippen molar-refractivity contribution in [1.29, 1.82) is 0 Å². The van der Waals surface area contributed by atoms with Gasteiger partial charge in [-0.1, -0.05) is 25.5 Å². The van der Waals surface area contributed by atoms with E-state index in [1.54, 1.807) is 19.9 Å². The van der Waals surface area contributed by atoms with Crippen LogP contribution in [0.5, 0.6) is 0 Å². The van der Waals surface area contributed by atoms with Gasteiger partial charge in [0, 0.05) is 5.92 Å². The Hall–Kier alpha value is -1.62. The van der Waals surface area contributed by atoms with Crippen molar-refractivity contribution in [3.05, 3.63) is 11.6 Å². The SMILES string of the molecule is CC(C)=CCC1(CC2OC2(C)C)C(=O)C(=O)C(C(=O)C(C)C)C1=O. The lowest BCUT2D eigenvalue weighted by Gasteiger charge is -2.24. The third-order valence-corrected chi connectivity index (χ3v) is 5.06. The zero-order valence-electron chi connectivity index (χ0n) is 15.3. The molecular formula is C19H26O5. The average Bonchev–Trinajstić information content (AvgIpc) is 3.02. The highest BCUT2D eigenvalue weighted by molar-refractivity contribution is 6.57. The standard InChI is InChI=1S/C19H26O5/c1-10(2)7-8-19(9-12-18(5,6)24-12)16(22)13(14(20)11(3)4)15(21)17(19)23/h7,11-13H,8-9H2,1-6H3. The molecule has 1 heterocycles. The Balaban J connectivity index is 2.43. The van der Waals surface area contributed by atoms with Crippen molar-refractivity contribution in [2.24, 2.45) is 17.3 Å². The molecule has 1 aliphatic carbocycles. The molecule has 0 radical (unpaired) electrons. The van der Waals surface area contributed by atoms with Crippen LogP contribution in [0, 0.1) is 17.3 Å². The first-order valence-electron chi connectivity index (χ1n) is 8.42. The van der Waals surface area contributed by atoms with E-state index < -0.39 is 46.0 Å². The molecule has 3 atom stereocenters. The Morgan fingerprint density at radius 3 is 2.17 bits per heavy atom. The largest absolute Gasteiger partial charge is 0.367 e. The number of epoxide rings is 1. The molecule has 3 unspecified atom stereocenters. The van der Waals surface area contributed by atoms with Crippen LogP contribution in [0.2, 0.25) is 0 Å². The van der Waals surface area contributed by atoms with Crippen LogP contribution in [0.4, 0.5) is 0 Å². The summed E-state index contributed by atoms with van der Waals surface area (Å²) in [4.78, 5) is 50.5. The molecule has 2 fully saturated rings. The maximum atomic E-state index is 13.0. The molecule has 0 N–H and O–H groups in total. The summed E-state index contributed by atoms with van der Waals surface area (Å²) < 4.78 is 5.55. The smallest absolute Gasteiger partial charge is 0.217 e. The molecule has 0 spiro atoms. The lowest BCUT2D eigenvalue weighted by Crippen LogP contribution is -2.38. The van der Waals surface area contributed by atoms with E-state index in [1.807, 2.05) is 27.7 Å². The van der Waals surface area contributed by atoms with E-state index >= 15 is 0 Å². The summed E-state index contributed by atoms with van der Waals surface area (Å²) in [6, 6.07) is 0. The second-order valence-corrected chi connectivity index (χ2v) is 8.03. The predicted molar refractivity (Wildman–Crippen MR) is 88.4 cm³/mol. The van der Waals surface area contributed by atoms with E-state index in [0.29, 0.717) is 0 Å². The fraction of sp³-hybridized carbons (Fsp3) is 0.684. The number of rotatable bonds is 6. The second kappa shape index (κ2) is 6.03. The van der Waals surface area contributed by atoms with E-state index in [2.05, 4.69) is 0 Å². The molecule has 24 heavy (non-hydrogen) atoms. The van der Waals surface area contributed by atoms with E-state index in [0.717, 1.165) is 5.57 Å². The van der Waals surface area contributed by atoms with Gasteiger partial charge >= 0.3 is 0 Å². The number of carbonyl (C=O) groups excluding carboxylic acids is 4. The zero-order valence-corrected chi connectivity index (χ0v) is 15.3. The first-order valence-corrected chi connectivity index (χ1v) is 8.42. The lowest BCUT2D eigenvalue weighted by molar-refractivity contribution is -0.141. The van der Waals surface area contributed by atoms with Crippen molar-refractivity contribution in [2.45, 2.75) is 66.1 Å². The summed E-state index contributed by atoms with van der Waals surface area (Å²) in [5.74, 6) is -4.49. The van der Waals surface area contributed by atoms with Gasteiger partial charge in [-0.15, -0.1) is 0 Å². The van der Waals surface area contributed by atoms with Crippen LogP contribution in [-0.4, -0.2) is 34.8 Å². The highest BCUT2D eigenvalue weighted by atomic mass is 16.6. The summed E-state index contributed by atoms with van der Waals surface area (Å²) in [5.41, 5.74) is -0.902. The number of hydrogen-bond donors (Lipinski definition) is 0. The van der Waals surface area contributed by atoms with Crippen LogP contribution in [0.15, 0.2) is 11.6 Å². The summed E-state index contributed by atoms with van der Waals surface area (Å²) in [6.45, 7) is 10.8. The minimum atomic E-state index is -1.46. The minimum Gasteiger partial charge on any atom is -0.367 e. The van der Waals surface area contributed by atoms with Crippen molar-refractivity contribution < 1.29 is 23.9 Å². The van der Waals surface area contributed by atoms with Gasteiger partial charge < -0.3 is 4.74 Å². The highest BCUT2D eigenvalue weighted by Crippen LogP contribution is 2.49. The van der Waals surface area contributed by atoms with Crippen LogP contribution in [-0.2, 0) is 23.9 Å². The molecule has 1 aliphatic heterocycles. The van der Waals surface area contributed by atoms with Crippen molar-refractivity contribution in [2.75, 3.05) is 0 Å². The van der Waals surface area contributed by atoms with Crippen LogP contribution in [0.3, 0.4) is 0 Å². The van der Waals surface area contributed by atoms with Gasteiger partial charge in [-0.2, -0.15) is 0 Å². The van der Waals surface area contributed by atoms with Crippen molar-refractivity contribution in [1.82, 2.24) is 0 Å². The second-order valence-electron chi connectivity index (χ2n) is 8.03. The van der Waals surface area contributed by atoms with Gasteiger partial charge in [-0.25, -0.2) is 0 Å². The minimum absolute atomic E-state index is 0.149. The van der Waals surface area contributed by atoms with Gasteiger partial charge in [0.15, 0.2) is 11.6 Å². The lowest BCUT2D eigenvalue weighted by atomic mass is 9.74. The average molecular weight is 334 g/mol.